The number of carboxylic acid groups (broad SMARTS) is 1. The summed E-state index contributed by atoms with van der Waals surface area (Å²) < 4.78 is 0. The normalized spacial score (nSPS) is 14.5. The SMILES string of the molecule is CCC(C(=O)O)C(O)c1ccc(Cl)cc1Cl. The lowest BCUT2D eigenvalue weighted by Crippen LogP contribution is -2.21. The number of carboxylic acids is 1. The van der Waals surface area contributed by atoms with Crippen LogP contribution in [0.25, 0.3) is 0 Å². The minimum Gasteiger partial charge on any atom is -0.481 e. The zero-order chi connectivity index (χ0) is 12.3. The Labute approximate surface area is 104 Å². The van der Waals surface area contributed by atoms with Crippen LogP contribution in [0.15, 0.2) is 18.2 Å². The number of aliphatic hydroxyl groups excluding tert-OH is 1. The Balaban J connectivity index is 3.03. The molecule has 0 heterocycles. The first-order valence-electron chi connectivity index (χ1n) is 4.83. The van der Waals surface area contributed by atoms with Crippen LogP contribution in [0.4, 0.5) is 0 Å². The van der Waals surface area contributed by atoms with Gasteiger partial charge in [0, 0.05) is 15.6 Å². The van der Waals surface area contributed by atoms with E-state index in [0.717, 1.165) is 0 Å². The van der Waals surface area contributed by atoms with Crippen LogP contribution in [-0.2, 0) is 4.79 Å². The van der Waals surface area contributed by atoms with Crippen LogP contribution in [0.2, 0.25) is 10.0 Å². The summed E-state index contributed by atoms with van der Waals surface area (Å²) in [4.78, 5) is 10.9. The number of hydrogen-bond donors (Lipinski definition) is 2. The molecule has 0 aliphatic heterocycles. The number of aliphatic carboxylic acids is 1. The van der Waals surface area contributed by atoms with Crippen LogP contribution in [0, 0.1) is 5.92 Å². The van der Waals surface area contributed by atoms with Crippen LogP contribution < -0.4 is 0 Å². The first kappa shape index (κ1) is 13.3. The summed E-state index contributed by atoms with van der Waals surface area (Å²) in [6.07, 6.45) is -0.789. The fourth-order valence-corrected chi connectivity index (χ4v) is 2.01. The number of halogens is 2. The molecule has 16 heavy (non-hydrogen) atoms. The Morgan fingerprint density at radius 2 is 2.06 bits per heavy atom. The third-order valence-electron chi connectivity index (χ3n) is 2.42. The number of carbonyl (C=O) groups is 1. The molecule has 2 atom stereocenters. The molecule has 1 rings (SSSR count). The highest BCUT2D eigenvalue weighted by Gasteiger charge is 2.27. The van der Waals surface area contributed by atoms with Gasteiger partial charge in [-0.2, -0.15) is 0 Å². The van der Waals surface area contributed by atoms with Crippen molar-refractivity contribution >= 4 is 29.2 Å². The first-order chi connectivity index (χ1) is 7.47. The van der Waals surface area contributed by atoms with E-state index in [1.165, 1.54) is 6.07 Å². The molecule has 0 aromatic heterocycles. The summed E-state index contributed by atoms with van der Waals surface area (Å²) in [7, 11) is 0. The third-order valence-corrected chi connectivity index (χ3v) is 2.98. The topological polar surface area (TPSA) is 57.5 Å². The second kappa shape index (κ2) is 5.53. The highest BCUT2D eigenvalue weighted by Crippen LogP contribution is 2.31. The Hall–Kier alpha value is -0.770. The lowest BCUT2D eigenvalue weighted by Gasteiger charge is -2.19. The molecule has 2 N–H and O–H groups in total. The average Bonchev–Trinajstić information content (AvgIpc) is 2.17. The van der Waals surface area contributed by atoms with E-state index in [2.05, 4.69) is 0 Å². The summed E-state index contributed by atoms with van der Waals surface area (Å²) in [5.41, 5.74) is 0.389. The van der Waals surface area contributed by atoms with E-state index in [9.17, 15) is 9.90 Å². The van der Waals surface area contributed by atoms with E-state index in [1.54, 1.807) is 19.1 Å². The molecule has 0 bridgehead atoms. The van der Waals surface area contributed by atoms with Crippen molar-refractivity contribution in [1.29, 1.82) is 0 Å². The molecule has 2 unspecified atom stereocenters. The van der Waals surface area contributed by atoms with E-state index in [0.29, 0.717) is 17.0 Å². The lowest BCUT2D eigenvalue weighted by atomic mass is 9.93. The maximum Gasteiger partial charge on any atom is 0.309 e. The van der Waals surface area contributed by atoms with Crippen LogP contribution in [0.3, 0.4) is 0 Å². The Morgan fingerprint density at radius 3 is 2.50 bits per heavy atom. The van der Waals surface area contributed by atoms with Gasteiger partial charge in [0.1, 0.15) is 0 Å². The summed E-state index contributed by atoms with van der Waals surface area (Å²) in [5.74, 6) is -1.90. The minimum atomic E-state index is -1.12. The predicted octanol–water partition coefficient (Wildman–Crippen LogP) is 3.14. The molecule has 88 valence electrons. The van der Waals surface area contributed by atoms with Gasteiger partial charge in [0.2, 0.25) is 0 Å². The Bertz CT molecular complexity index is 393. The van der Waals surface area contributed by atoms with Crippen molar-refractivity contribution in [3.63, 3.8) is 0 Å². The van der Waals surface area contributed by atoms with Crippen LogP contribution in [-0.4, -0.2) is 16.2 Å². The zero-order valence-electron chi connectivity index (χ0n) is 8.65. The van der Waals surface area contributed by atoms with Gasteiger partial charge >= 0.3 is 5.97 Å². The van der Waals surface area contributed by atoms with Crippen molar-refractivity contribution in [3.8, 4) is 0 Å². The first-order valence-corrected chi connectivity index (χ1v) is 5.58. The fourth-order valence-electron chi connectivity index (χ4n) is 1.49. The quantitative estimate of drug-likeness (QED) is 0.877. The maximum absolute atomic E-state index is 10.9. The van der Waals surface area contributed by atoms with Gasteiger partial charge in [-0.05, 0) is 18.6 Å². The number of benzene rings is 1. The molecule has 5 heteroatoms. The molecule has 0 amide bonds. The van der Waals surface area contributed by atoms with Crippen LogP contribution in [0.5, 0.6) is 0 Å². The van der Waals surface area contributed by atoms with Gasteiger partial charge in [-0.3, -0.25) is 4.79 Å². The molecule has 0 aliphatic carbocycles. The molecule has 1 aromatic rings. The van der Waals surface area contributed by atoms with Gasteiger partial charge in [0.15, 0.2) is 0 Å². The predicted molar refractivity (Wildman–Crippen MR) is 62.8 cm³/mol. The summed E-state index contributed by atoms with van der Waals surface area (Å²) >= 11 is 11.6. The van der Waals surface area contributed by atoms with Crippen molar-refractivity contribution in [2.24, 2.45) is 5.92 Å². The molecule has 0 radical (unpaired) electrons. The van der Waals surface area contributed by atoms with Crippen molar-refractivity contribution in [3.05, 3.63) is 33.8 Å². The molecular weight excluding hydrogens is 251 g/mol. The van der Waals surface area contributed by atoms with Gasteiger partial charge in [-0.25, -0.2) is 0 Å². The molecule has 0 saturated carbocycles. The highest BCUT2D eigenvalue weighted by molar-refractivity contribution is 6.35. The molecular formula is C11H12Cl2O3. The standard InChI is InChI=1S/C11H12Cl2O3/c1-2-7(11(15)16)10(14)8-4-3-6(12)5-9(8)13/h3-5,7,10,14H,2H2,1H3,(H,15,16). The van der Waals surface area contributed by atoms with Crippen molar-refractivity contribution in [2.75, 3.05) is 0 Å². The summed E-state index contributed by atoms with van der Waals surface area (Å²) in [6.45, 7) is 1.70. The van der Waals surface area contributed by atoms with E-state index in [-0.39, 0.29) is 5.02 Å². The smallest absolute Gasteiger partial charge is 0.309 e. The van der Waals surface area contributed by atoms with Crippen molar-refractivity contribution in [2.45, 2.75) is 19.4 Å². The maximum atomic E-state index is 10.9. The van der Waals surface area contributed by atoms with Crippen LogP contribution >= 0.6 is 23.2 Å². The van der Waals surface area contributed by atoms with Gasteiger partial charge < -0.3 is 10.2 Å². The average molecular weight is 263 g/mol. The Kier molecular flexibility index (Phi) is 4.59. The third kappa shape index (κ3) is 2.88. The van der Waals surface area contributed by atoms with Gasteiger partial charge in [-0.1, -0.05) is 36.2 Å². The summed E-state index contributed by atoms with van der Waals surface area (Å²) in [5, 5.41) is 19.6. The van der Waals surface area contributed by atoms with E-state index in [4.69, 9.17) is 28.3 Å². The molecule has 0 saturated heterocycles. The van der Waals surface area contributed by atoms with Crippen LogP contribution in [0.1, 0.15) is 25.0 Å². The number of aliphatic hydroxyl groups is 1. The minimum absolute atomic E-state index is 0.278. The zero-order valence-corrected chi connectivity index (χ0v) is 10.2. The largest absolute Gasteiger partial charge is 0.481 e. The van der Waals surface area contributed by atoms with Gasteiger partial charge in [0.25, 0.3) is 0 Å². The second-order valence-corrected chi connectivity index (χ2v) is 4.31. The van der Waals surface area contributed by atoms with Crippen molar-refractivity contribution in [1.82, 2.24) is 0 Å². The van der Waals surface area contributed by atoms with Gasteiger partial charge in [-0.15, -0.1) is 0 Å². The fraction of sp³-hybridized carbons (Fsp3) is 0.364. The van der Waals surface area contributed by atoms with E-state index >= 15 is 0 Å². The lowest BCUT2D eigenvalue weighted by molar-refractivity contribution is -0.146. The monoisotopic (exact) mass is 262 g/mol. The molecule has 0 aliphatic rings. The summed E-state index contributed by atoms with van der Waals surface area (Å²) in [6, 6.07) is 4.59. The Morgan fingerprint density at radius 1 is 1.44 bits per heavy atom. The van der Waals surface area contributed by atoms with Gasteiger partial charge in [0.05, 0.1) is 12.0 Å². The molecule has 3 nitrogen and oxygen atoms in total. The van der Waals surface area contributed by atoms with E-state index in [1.807, 2.05) is 0 Å². The number of hydrogen-bond acceptors (Lipinski definition) is 2. The number of rotatable bonds is 4. The second-order valence-electron chi connectivity index (χ2n) is 3.46. The van der Waals surface area contributed by atoms with E-state index < -0.39 is 18.0 Å². The molecule has 0 fully saturated rings. The molecule has 0 spiro atoms. The molecule has 1 aromatic carbocycles. The van der Waals surface area contributed by atoms with Crippen molar-refractivity contribution < 1.29 is 15.0 Å². The highest BCUT2D eigenvalue weighted by atomic mass is 35.5.